The van der Waals surface area contributed by atoms with E-state index in [-0.39, 0.29) is 12.1 Å². The third kappa shape index (κ3) is 2.59. The molecule has 0 bridgehead atoms. The molecule has 0 saturated carbocycles. The summed E-state index contributed by atoms with van der Waals surface area (Å²) >= 11 is 1.54. The van der Waals surface area contributed by atoms with Crippen molar-refractivity contribution in [2.24, 2.45) is 0 Å². The lowest BCUT2D eigenvalue weighted by atomic mass is 10.0. The summed E-state index contributed by atoms with van der Waals surface area (Å²) in [6.45, 7) is 2.07. The van der Waals surface area contributed by atoms with Crippen LogP contribution in [0.4, 0.5) is 10.8 Å². The topological polar surface area (TPSA) is 45.2 Å². The van der Waals surface area contributed by atoms with Gasteiger partial charge in [0.1, 0.15) is 6.17 Å². The Hall–Kier alpha value is -3.18. The first-order chi connectivity index (χ1) is 13.2. The predicted octanol–water partition coefficient (Wildman–Crippen LogP) is 5.38. The summed E-state index contributed by atoms with van der Waals surface area (Å²) in [5.74, 6) is -0.0309. The number of benzene rings is 3. The van der Waals surface area contributed by atoms with Crippen LogP contribution in [0.5, 0.6) is 0 Å². The van der Waals surface area contributed by atoms with E-state index in [1.54, 1.807) is 16.2 Å². The van der Waals surface area contributed by atoms with Gasteiger partial charge in [-0.2, -0.15) is 0 Å². The van der Waals surface area contributed by atoms with Crippen molar-refractivity contribution in [3.8, 4) is 0 Å². The van der Waals surface area contributed by atoms with E-state index < -0.39 is 0 Å². The molecule has 1 N–H and O–H groups in total. The van der Waals surface area contributed by atoms with Crippen LogP contribution in [-0.4, -0.2) is 10.9 Å². The normalized spacial score (nSPS) is 16.3. The van der Waals surface area contributed by atoms with Crippen molar-refractivity contribution in [1.82, 2.24) is 4.98 Å². The zero-order chi connectivity index (χ0) is 18.4. The van der Waals surface area contributed by atoms with Crippen LogP contribution in [0.2, 0.25) is 0 Å². The molecule has 4 nitrogen and oxygen atoms in total. The van der Waals surface area contributed by atoms with Crippen molar-refractivity contribution in [2.45, 2.75) is 13.1 Å². The van der Waals surface area contributed by atoms with E-state index in [4.69, 9.17) is 4.98 Å². The summed E-state index contributed by atoms with van der Waals surface area (Å²) in [6, 6.07) is 23.8. The fraction of sp³-hybridized carbons (Fsp3) is 0.0909. The number of para-hydroxylation sites is 2. The molecule has 1 aromatic heterocycles. The lowest BCUT2D eigenvalue weighted by Crippen LogP contribution is -2.43. The first kappa shape index (κ1) is 16.0. The third-order valence-corrected chi connectivity index (χ3v) is 5.93. The number of thiazole rings is 1. The number of hydrogen-bond acceptors (Lipinski definition) is 4. The van der Waals surface area contributed by atoms with Gasteiger partial charge < -0.3 is 5.32 Å². The number of nitrogens with one attached hydrogen (secondary N) is 1. The predicted molar refractivity (Wildman–Crippen MR) is 110 cm³/mol. The third-order valence-electron chi connectivity index (χ3n) is 4.90. The molecular formula is C22H17N3OS. The van der Waals surface area contributed by atoms with Crippen molar-refractivity contribution in [3.63, 3.8) is 0 Å². The van der Waals surface area contributed by atoms with Gasteiger partial charge in [-0.25, -0.2) is 4.98 Å². The van der Waals surface area contributed by atoms with E-state index in [1.165, 1.54) is 0 Å². The Bertz CT molecular complexity index is 1130. The number of nitrogens with zero attached hydrogens (tertiary/aromatic N) is 2. The minimum Gasteiger partial charge on any atom is -0.360 e. The Morgan fingerprint density at radius 2 is 1.70 bits per heavy atom. The molecule has 1 unspecified atom stereocenters. The monoisotopic (exact) mass is 371 g/mol. The largest absolute Gasteiger partial charge is 0.360 e. The molecule has 1 aliphatic rings. The van der Waals surface area contributed by atoms with Crippen molar-refractivity contribution >= 4 is 38.3 Å². The van der Waals surface area contributed by atoms with E-state index in [2.05, 4.69) is 24.4 Å². The van der Waals surface area contributed by atoms with Crippen LogP contribution in [0.3, 0.4) is 0 Å². The fourth-order valence-electron chi connectivity index (χ4n) is 3.53. The summed E-state index contributed by atoms with van der Waals surface area (Å²) in [5.41, 5.74) is 4.63. The Labute approximate surface area is 161 Å². The maximum absolute atomic E-state index is 13.4. The van der Waals surface area contributed by atoms with Crippen LogP contribution >= 0.6 is 11.3 Å². The lowest BCUT2D eigenvalue weighted by molar-refractivity contribution is 0.0975. The second-order valence-corrected chi connectivity index (χ2v) is 7.60. The quantitative estimate of drug-likeness (QED) is 0.515. The number of carbonyl (C=O) groups excluding carboxylic acids is 1. The van der Waals surface area contributed by atoms with Gasteiger partial charge in [0.05, 0.1) is 15.8 Å². The highest BCUT2D eigenvalue weighted by molar-refractivity contribution is 7.22. The van der Waals surface area contributed by atoms with Gasteiger partial charge in [0.25, 0.3) is 5.91 Å². The molecule has 1 aliphatic heterocycles. The van der Waals surface area contributed by atoms with Gasteiger partial charge in [0.2, 0.25) is 0 Å². The average molecular weight is 371 g/mol. The molecule has 0 aliphatic carbocycles. The van der Waals surface area contributed by atoms with Crippen LogP contribution in [0.15, 0.2) is 72.8 Å². The van der Waals surface area contributed by atoms with Crippen LogP contribution < -0.4 is 10.2 Å². The smallest absolute Gasteiger partial charge is 0.264 e. The second-order valence-electron chi connectivity index (χ2n) is 6.59. The van der Waals surface area contributed by atoms with Crippen molar-refractivity contribution in [3.05, 3.63) is 89.5 Å². The van der Waals surface area contributed by atoms with Crippen LogP contribution in [0, 0.1) is 6.92 Å². The lowest BCUT2D eigenvalue weighted by Gasteiger charge is -2.37. The second kappa shape index (κ2) is 6.21. The Morgan fingerprint density at radius 1 is 0.963 bits per heavy atom. The number of carbonyl (C=O) groups is 1. The molecule has 2 heterocycles. The van der Waals surface area contributed by atoms with Gasteiger partial charge in [0.15, 0.2) is 5.13 Å². The number of aromatic nitrogens is 1. The number of amides is 1. The first-order valence-corrected chi connectivity index (χ1v) is 9.64. The zero-order valence-corrected chi connectivity index (χ0v) is 15.5. The van der Waals surface area contributed by atoms with E-state index in [9.17, 15) is 4.79 Å². The summed E-state index contributed by atoms with van der Waals surface area (Å²) < 4.78 is 1.07. The number of rotatable bonds is 2. The number of hydrogen-bond donors (Lipinski definition) is 1. The molecule has 5 rings (SSSR count). The van der Waals surface area contributed by atoms with Crippen LogP contribution in [0.1, 0.15) is 27.7 Å². The molecule has 132 valence electrons. The number of anilines is 2. The van der Waals surface area contributed by atoms with E-state index in [0.717, 1.165) is 27.0 Å². The van der Waals surface area contributed by atoms with Gasteiger partial charge in [-0.3, -0.25) is 9.69 Å². The van der Waals surface area contributed by atoms with E-state index >= 15 is 0 Å². The van der Waals surface area contributed by atoms with E-state index in [0.29, 0.717) is 10.7 Å². The highest BCUT2D eigenvalue weighted by atomic mass is 32.1. The number of aryl methyl sites for hydroxylation is 1. The van der Waals surface area contributed by atoms with Gasteiger partial charge >= 0.3 is 0 Å². The SMILES string of the molecule is Cc1ccccc1C1Nc2ccccc2C(=O)N1c1nc2ccccc2s1. The molecule has 1 atom stereocenters. The van der Waals surface area contributed by atoms with Gasteiger partial charge in [-0.1, -0.05) is 59.9 Å². The summed E-state index contributed by atoms with van der Waals surface area (Å²) in [6.07, 6.45) is -0.297. The molecule has 0 radical (unpaired) electrons. The van der Waals surface area contributed by atoms with Crippen LogP contribution in [0.25, 0.3) is 10.2 Å². The van der Waals surface area contributed by atoms with E-state index in [1.807, 2.05) is 60.7 Å². The van der Waals surface area contributed by atoms with Crippen molar-refractivity contribution in [1.29, 1.82) is 0 Å². The maximum atomic E-state index is 13.4. The van der Waals surface area contributed by atoms with Crippen LogP contribution in [-0.2, 0) is 0 Å². The summed E-state index contributed by atoms with van der Waals surface area (Å²) in [4.78, 5) is 20.0. The molecule has 3 aromatic carbocycles. The zero-order valence-electron chi connectivity index (χ0n) is 14.7. The standard InChI is InChI=1S/C22H17N3OS/c1-14-8-2-3-9-15(14)20-23-17-11-5-4-10-16(17)21(26)25(20)22-24-18-12-6-7-13-19(18)27-22/h2-13,20,23H,1H3. The molecule has 1 amide bonds. The average Bonchev–Trinajstić information content (AvgIpc) is 3.12. The van der Waals surface area contributed by atoms with Gasteiger partial charge in [-0.15, -0.1) is 0 Å². The van der Waals surface area contributed by atoms with Crippen molar-refractivity contribution < 1.29 is 4.79 Å². The molecule has 0 saturated heterocycles. The molecule has 5 heteroatoms. The highest BCUT2D eigenvalue weighted by Crippen LogP contribution is 2.40. The molecule has 0 spiro atoms. The minimum atomic E-state index is -0.297. The first-order valence-electron chi connectivity index (χ1n) is 8.82. The van der Waals surface area contributed by atoms with Gasteiger partial charge in [-0.05, 0) is 42.3 Å². The highest BCUT2D eigenvalue weighted by Gasteiger charge is 2.36. The maximum Gasteiger partial charge on any atom is 0.264 e. The fourth-order valence-corrected chi connectivity index (χ4v) is 4.52. The summed E-state index contributed by atoms with van der Waals surface area (Å²) in [5, 5.41) is 4.25. The minimum absolute atomic E-state index is 0.0309. The van der Waals surface area contributed by atoms with Crippen molar-refractivity contribution in [2.75, 3.05) is 10.2 Å². The Balaban J connectivity index is 1.71. The van der Waals surface area contributed by atoms with Gasteiger partial charge in [0, 0.05) is 5.69 Å². The molecule has 4 aromatic rings. The molecular weight excluding hydrogens is 354 g/mol. The molecule has 27 heavy (non-hydrogen) atoms. The Kier molecular flexibility index (Phi) is 3.69. The molecule has 0 fully saturated rings. The number of fused-ring (bicyclic) bond motifs is 2. The Morgan fingerprint density at radius 3 is 2.56 bits per heavy atom. The summed E-state index contributed by atoms with van der Waals surface area (Å²) in [7, 11) is 0.